The van der Waals surface area contributed by atoms with Crippen LogP contribution < -0.4 is 5.32 Å². The average molecular weight is 253 g/mol. The van der Waals surface area contributed by atoms with Crippen molar-refractivity contribution in [2.45, 2.75) is 39.2 Å². The molecule has 0 aromatic heterocycles. The smallest absolute Gasteiger partial charge is 0.128 e. The molecular weight excluding hydrogens is 232 g/mol. The zero-order valence-corrected chi connectivity index (χ0v) is 11.1. The van der Waals surface area contributed by atoms with Crippen LogP contribution in [-0.2, 0) is 0 Å². The van der Waals surface area contributed by atoms with Crippen LogP contribution in [-0.4, -0.2) is 6.54 Å². The lowest BCUT2D eigenvalue weighted by Crippen LogP contribution is -2.23. The second-order valence-corrected chi connectivity index (χ2v) is 4.67. The third-order valence-corrected chi connectivity index (χ3v) is 2.83. The van der Waals surface area contributed by atoms with Crippen LogP contribution in [0.2, 0.25) is 0 Å². The second-order valence-electron chi connectivity index (χ2n) is 4.67. The fraction of sp³-hybridized carbons (Fsp3) is 0.467. The van der Waals surface area contributed by atoms with Crippen LogP contribution >= 0.6 is 0 Å². The topological polar surface area (TPSA) is 12.0 Å². The fourth-order valence-corrected chi connectivity index (χ4v) is 1.86. The number of benzene rings is 1. The first-order valence-corrected chi connectivity index (χ1v) is 6.37. The van der Waals surface area contributed by atoms with Crippen molar-refractivity contribution >= 4 is 0 Å². The lowest BCUT2D eigenvalue weighted by molar-refractivity contribution is 0.468. The first-order chi connectivity index (χ1) is 8.54. The molecule has 0 aliphatic heterocycles. The molecule has 0 heterocycles. The van der Waals surface area contributed by atoms with Crippen molar-refractivity contribution < 1.29 is 8.78 Å². The molecular formula is C15H21F2N. The van der Waals surface area contributed by atoms with Gasteiger partial charge in [-0.3, -0.25) is 0 Å². The SMILES string of the molecule is C=C(C)CCC(NCCC)c1cc(F)ccc1F. The molecule has 1 N–H and O–H groups in total. The van der Waals surface area contributed by atoms with Crippen LogP contribution in [0.1, 0.15) is 44.7 Å². The molecule has 0 aliphatic carbocycles. The first-order valence-electron chi connectivity index (χ1n) is 6.37. The minimum Gasteiger partial charge on any atom is -0.310 e. The molecule has 1 rings (SSSR count). The van der Waals surface area contributed by atoms with E-state index >= 15 is 0 Å². The zero-order valence-electron chi connectivity index (χ0n) is 11.1. The molecule has 1 aromatic carbocycles. The Kier molecular flexibility index (Phi) is 5.99. The van der Waals surface area contributed by atoms with E-state index in [1.807, 2.05) is 13.8 Å². The summed E-state index contributed by atoms with van der Waals surface area (Å²) in [6.45, 7) is 8.62. The predicted molar refractivity (Wildman–Crippen MR) is 71.4 cm³/mol. The summed E-state index contributed by atoms with van der Waals surface area (Å²) in [7, 11) is 0. The fourth-order valence-electron chi connectivity index (χ4n) is 1.86. The molecule has 3 heteroatoms. The van der Waals surface area contributed by atoms with E-state index in [1.165, 1.54) is 12.1 Å². The summed E-state index contributed by atoms with van der Waals surface area (Å²) < 4.78 is 27.0. The molecule has 0 saturated carbocycles. The zero-order chi connectivity index (χ0) is 13.5. The highest BCUT2D eigenvalue weighted by Crippen LogP contribution is 2.24. The molecule has 1 atom stereocenters. The second kappa shape index (κ2) is 7.27. The van der Waals surface area contributed by atoms with Crippen LogP contribution in [0.15, 0.2) is 30.4 Å². The van der Waals surface area contributed by atoms with E-state index in [1.54, 1.807) is 0 Å². The van der Waals surface area contributed by atoms with Gasteiger partial charge < -0.3 is 5.32 Å². The summed E-state index contributed by atoms with van der Waals surface area (Å²) in [6, 6.07) is 3.46. The minimum atomic E-state index is -0.398. The summed E-state index contributed by atoms with van der Waals surface area (Å²) in [5, 5.41) is 3.26. The maximum absolute atomic E-state index is 13.7. The van der Waals surface area contributed by atoms with Gasteiger partial charge in [-0.2, -0.15) is 0 Å². The van der Waals surface area contributed by atoms with Crippen LogP contribution in [0.3, 0.4) is 0 Å². The highest BCUT2D eigenvalue weighted by Gasteiger charge is 2.15. The largest absolute Gasteiger partial charge is 0.310 e. The van der Waals surface area contributed by atoms with Gasteiger partial charge in [-0.05, 0) is 50.9 Å². The third kappa shape index (κ3) is 4.57. The Balaban J connectivity index is 2.85. The molecule has 100 valence electrons. The Hall–Kier alpha value is -1.22. The molecule has 0 bridgehead atoms. The van der Waals surface area contributed by atoms with Crippen molar-refractivity contribution in [3.8, 4) is 0 Å². The number of allylic oxidation sites excluding steroid dienone is 1. The Bertz CT molecular complexity index is 401. The Morgan fingerprint density at radius 1 is 1.39 bits per heavy atom. The number of rotatable bonds is 7. The molecule has 1 unspecified atom stereocenters. The van der Waals surface area contributed by atoms with Gasteiger partial charge in [-0.25, -0.2) is 8.78 Å². The van der Waals surface area contributed by atoms with Gasteiger partial charge in [0.05, 0.1) is 0 Å². The Labute approximate surface area is 108 Å². The molecule has 1 nitrogen and oxygen atoms in total. The number of hydrogen-bond donors (Lipinski definition) is 1. The summed E-state index contributed by atoms with van der Waals surface area (Å²) in [4.78, 5) is 0. The van der Waals surface area contributed by atoms with Gasteiger partial charge in [-0.1, -0.05) is 12.5 Å². The van der Waals surface area contributed by atoms with Crippen LogP contribution in [0, 0.1) is 11.6 Å². The van der Waals surface area contributed by atoms with E-state index in [-0.39, 0.29) is 11.9 Å². The maximum atomic E-state index is 13.7. The maximum Gasteiger partial charge on any atom is 0.128 e. The van der Waals surface area contributed by atoms with Crippen molar-refractivity contribution in [1.29, 1.82) is 0 Å². The lowest BCUT2D eigenvalue weighted by atomic mass is 9.99. The van der Waals surface area contributed by atoms with Crippen LogP contribution in [0.5, 0.6) is 0 Å². The first kappa shape index (κ1) is 14.8. The van der Waals surface area contributed by atoms with Crippen LogP contribution in [0.4, 0.5) is 8.78 Å². The van der Waals surface area contributed by atoms with E-state index in [0.717, 1.165) is 37.4 Å². The van der Waals surface area contributed by atoms with Gasteiger partial charge in [0.25, 0.3) is 0 Å². The highest BCUT2D eigenvalue weighted by atomic mass is 19.1. The monoisotopic (exact) mass is 253 g/mol. The number of nitrogens with one attached hydrogen (secondary N) is 1. The van der Waals surface area contributed by atoms with Crippen LogP contribution in [0.25, 0.3) is 0 Å². The van der Waals surface area contributed by atoms with Gasteiger partial charge in [0, 0.05) is 11.6 Å². The van der Waals surface area contributed by atoms with Gasteiger partial charge >= 0.3 is 0 Å². The normalized spacial score (nSPS) is 12.4. The summed E-state index contributed by atoms with van der Waals surface area (Å²) in [6.07, 6.45) is 2.49. The standard InChI is InChI=1S/C15H21F2N/c1-4-9-18-15(8-5-11(2)3)13-10-12(16)6-7-14(13)17/h6-7,10,15,18H,2,4-5,8-9H2,1,3H3. The van der Waals surface area contributed by atoms with Crippen molar-refractivity contribution in [3.05, 3.63) is 47.5 Å². The highest BCUT2D eigenvalue weighted by molar-refractivity contribution is 5.22. The van der Waals surface area contributed by atoms with E-state index in [9.17, 15) is 8.78 Å². The van der Waals surface area contributed by atoms with E-state index in [2.05, 4.69) is 11.9 Å². The minimum absolute atomic E-state index is 0.155. The van der Waals surface area contributed by atoms with Gasteiger partial charge in [0.15, 0.2) is 0 Å². The molecule has 0 fully saturated rings. The quantitative estimate of drug-likeness (QED) is 0.712. The third-order valence-electron chi connectivity index (χ3n) is 2.83. The summed E-state index contributed by atoms with van der Waals surface area (Å²) >= 11 is 0. The van der Waals surface area contributed by atoms with Crippen molar-refractivity contribution in [2.75, 3.05) is 6.54 Å². The van der Waals surface area contributed by atoms with Gasteiger partial charge in [0.1, 0.15) is 11.6 Å². The molecule has 0 spiro atoms. The Morgan fingerprint density at radius 3 is 2.72 bits per heavy atom. The number of halogens is 2. The van der Waals surface area contributed by atoms with Crippen molar-refractivity contribution in [3.63, 3.8) is 0 Å². The number of hydrogen-bond acceptors (Lipinski definition) is 1. The van der Waals surface area contributed by atoms with E-state index < -0.39 is 5.82 Å². The van der Waals surface area contributed by atoms with Gasteiger partial charge in [0.2, 0.25) is 0 Å². The van der Waals surface area contributed by atoms with Crippen molar-refractivity contribution in [1.82, 2.24) is 5.32 Å². The van der Waals surface area contributed by atoms with Crippen molar-refractivity contribution in [2.24, 2.45) is 0 Å². The predicted octanol–water partition coefficient (Wildman–Crippen LogP) is 4.36. The molecule has 0 amide bonds. The average Bonchev–Trinajstić information content (AvgIpc) is 2.32. The molecule has 0 aliphatic rings. The van der Waals surface area contributed by atoms with E-state index in [0.29, 0.717) is 5.56 Å². The lowest BCUT2D eigenvalue weighted by Gasteiger charge is -2.19. The molecule has 18 heavy (non-hydrogen) atoms. The molecule has 0 radical (unpaired) electrons. The van der Waals surface area contributed by atoms with Gasteiger partial charge in [-0.15, -0.1) is 6.58 Å². The summed E-state index contributed by atoms with van der Waals surface area (Å²) in [5.74, 6) is -0.753. The summed E-state index contributed by atoms with van der Waals surface area (Å²) in [5.41, 5.74) is 1.46. The Morgan fingerprint density at radius 2 is 2.11 bits per heavy atom. The van der Waals surface area contributed by atoms with E-state index in [4.69, 9.17) is 0 Å². The molecule has 1 aromatic rings. The molecule has 0 saturated heterocycles.